The Morgan fingerprint density at radius 1 is 1.35 bits per heavy atom. The van der Waals surface area contributed by atoms with Crippen LogP contribution < -0.4 is 5.73 Å². The number of hydrogen-bond acceptors (Lipinski definition) is 4. The molecule has 4 nitrogen and oxygen atoms in total. The van der Waals surface area contributed by atoms with Crippen molar-refractivity contribution in [3.8, 4) is 11.4 Å². The molecule has 0 bridgehead atoms. The topological polar surface area (TPSA) is 64.9 Å². The van der Waals surface area contributed by atoms with Crippen molar-refractivity contribution in [3.05, 3.63) is 30.2 Å². The fourth-order valence-electron chi connectivity index (χ4n) is 1.59. The van der Waals surface area contributed by atoms with Gasteiger partial charge in [0.25, 0.3) is 0 Å². The summed E-state index contributed by atoms with van der Waals surface area (Å²) in [5.41, 5.74) is 7.36. The smallest absolute Gasteiger partial charge is 0.227 e. The van der Waals surface area contributed by atoms with Crippen molar-refractivity contribution in [3.63, 3.8) is 0 Å². The first-order chi connectivity index (χ1) is 8.20. The Hall–Kier alpha value is -1.84. The van der Waals surface area contributed by atoms with Crippen LogP contribution in [0.15, 0.2) is 28.8 Å². The Morgan fingerprint density at radius 2 is 2.12 bits per heavy atom. The maximum atomic E-state index is 5.87. The number of nitrogens with zero attached hydrogens (tertiary/aromatic N) is 2. The van der Waals surface area contributed by atoms with Crippen molar-refractivity contribution in [1.29, 1.82) is 0 Å². The standard InChI is InChI=1S/C13H17N3O/c1-3-9(2)8-12-15-13(16-17-12)10-6-4-5-7-11(10)14/h4-7,9H,3,8,14H2,1-2H3. The predicted octanol–water partition coefficient (Wildman–Crippen LogP) is 2.91. The van der Waals surface area contributed by atoms with Crippen molar-refractivity contribution in [2.75, 3.05) is 5.73 Å². The Labute approximate surface area is 101 Å². The zero-order valence-corrected chi connectivity index (χ0v) is 10.2. The fraction of sp³-hybridized carbons (Fsp3) is 0.385. The number of benzene rings is 1. The maximum Gasteiger partial charge on any atom is 0.227 e. The van der Waals surface area contributed by atoms with Gasteiger partial charge in [0.15, 0.2) is 0 Å². The number of anilines is 1. The van der Waals surface area contributed by atoms with Gasteiger partial charge in [0.05, 0.1) is 0 Å². The van der Waals surface area contributed by atoms with Gasteiger partial charge in [0.2, 0.25) is 11.7 Å². The number of hydrogen-bond donors (Lipinski definition) is 1. The molecular formula is C13H17N3O. The average Bonchev–Trinajstić information content (AvgIpc) is 2.78. The van der Waals surface area contributed by atoms with E-state index in [4.69, 9.17) is 10.3 Å². The molecule has 4 heteroatoms. The molecule has 1 aromatic carbocycles. The van der Waals surface area contributed by atoms with Crippen LogP contribution in [0.2, 0.25) is 0 Å². The minimum absolute atomic E-state index is 0.552. The highest BCUT2D eigenvalue weighted by atomic mass is 16.5. The molecule has 1 heterocycles. The minimum atomic E-state index is 0.552. The van der Waals surface area contributed by atoms with E-state index in [9.17, 15) is 0 Å². The second kappa shape index (κ2) is 4.99. The molecule has 2 N–H and O–H groups in total. The zero-order valence-electron chi connectivity index (χ0n) is 10.2. The van der Waals surface area contributed by atoms with Gasteiger partial charge in [-0.05, 0) is 18.1 Å². The zero-order chi connectivity index (χ0) is 12.3. The van der Waals surface area contributed by atoms with Crippen molar-refractivity contribution in [1.82, 2.24) is 10.1 Å². The third-order valence-corrected chi connectivity index (χ3v) is 2.89. The summed E-state index contributed by atoms with van der Waals surface area (Å²) >= 11 is 0. The lowest BCUT2D eigenvalue weighted by molar-refractivity contribution is 0.356. The van der Waals surface area contributed by atoms with E-state index in [-0.39, 0.29) is 0 Å². The molecule has 1 atom stereocenters. The molecule has 0 fully saturated rings. The Kier molecular flexibility index (Phi) is 3.42. The summed E-state index contributed by atoms with van der Waals surface area (Å²) in [6.07, 6.45) is 1.92. The maximum absolute atomic E-state index is 5.87. The van der Waals surface area contributed by atoms with Gasteiger partial charge in [-0.2, -0.15) is 4.98 Å². The summed E-state index contributed by atoms with van der Waals surface area (Å²) in [7, 11) is 0. The van der Waals surface area contributed by atoms with Crippen LogP contribution >= 0.6 is 0 Å². The summed E-state index contributed by atoms with van der Waals surface area (Å²) in [4.78, 5) is 4.37. The second-order valence-electron chi connectivity index (χ2n) is 4.32. The number of nitrogens with two attached hydrogens (primary N) is 1. The van der Waals surface area contributed by atoms with Gasteiger partial charge >= 0.3 is 0 Å². The van der Waals surface area contributed by atoms with E-state index in [0.717, 1.165) is 18.4 Å². The van der Waals surface area contributed by atoms with Gasteiger partial charge in [-0.3, -0.25) is 0 Å². The van der Waals surface area contributed by atoms with Crippen LogP contribution in [0.3, 0.4) is 0 Å². The second-order valence-corrected chi connectivity index (χ2v) is 4.32. The lowest BCUT2D eigenvalue weighted by Crippen LogP contribution is -1.98. The molecule has 2 rings (SSSR count). The average molecular weight is 231 g/mol. The number of aromatic nitrogens is 2. The van der Waals surface area contributed by atoms with E-state index in [2.05, 4.69) is 24.0 Å². The molecule has 0 radical (unpaired) electrons. The summed E-state index contributed by atoms with van der Waals surface area (Å²) in [6.45, 7) is 4.32. The lowest BCUT2D eigenvalue weighted by atomic mass is 10.1. The van der Waals surface area contributed by atoms with Crippen LogP contribution in [-0.4, -0.2) is 10.1 Å². The van der Waals surface area contributed by atoms with E-state index in [1.54, 1.807) is 0 Å². The minimum Gasteiger partial charge on any atom is -0.398 e. The van der Waals surface area contributed by atoms with Gasteiger partial charge in [-0.1, -0.05) is 37.6 Å². The van der Waals surface area contributed by atoms with Gasteiger partial charge in [0.1, 0.15) is 0 Å². The van der Waals surface area contributed by atoms with Crippen LogP contribution in [0.4, 0.5) is 5.69 Å². The van der Waals surface area contributed by atoms with Crippen molar-refractivity contribution in [2.24, 2.45) is 5.92 Å². The normalized spacial score (nSPS) is 12.6. The largest absolute Gasteiger partial charge is 0.398 e. The van der Waals surface area contributed by atoms with Gasteiger partial charge < -0.3 is 10.3 Å². The Bertz CT molecular complexity index is 493. The quantitative estimate of drug-likeness (QED) is 0.822. The molecule has 0 saturated carbocycles. The molecule has 1 aromatic heterocycles. The monoisotopic (exact) mass is 231 g/mol. The van der Waals surface area contributed by atoms with Crippen LogP contribution in [0, 0.1) is 5.92 Å². The number of nitrogen functional groups attached to an aromatic ring is 1. The van der Waals surface area contributed by atoms with E-state index < -0.39 is 0 Å². The molecule has 0 aliphatic rings. The first-order valence-corrected chi connectivity index (χ1v) is 5.88. The molecule has 2 aromatic rings. The summed E-state index contributed by atoms with van der Waals surface area (Å²) in [6, 6.07) is 7.53. The summed E-state index contributed by atoms with van der Waals surface area (Å²) < 4.78 is 5.23. The molecule has 90 valence electrons. The molecule has 0 saturated heterocycles. The molecule has 17 heavy (non-hydrogen) atoms. The Balaban J connectivity index is 2.21. The lowest BCUT2D eigenvalue weighted by Gasteiger charge is -2.02. The summed E-state index contributed by atoms with van der Waals surface area (Å²) in [5, 5.41) is 3.97. The molecule has 1 unspecified atom stereocenters. The first-order valence-electron chi connectivity index (χ1n) is 5.88. The molecule has 0 aliphatic heterocycles. The molecule has 0 aliphatic carbocycles. The van der Waals surface area contributed by atoms with Crippen molar-refractivity contribution < 1.29 is 4.52 Å². The van der Waals surface area contributed by atoms with E-state index in [1.165, 1.54) is 0 Å². The molecule has 0 amide bonds. The van der Waals surface area contributed by atoms with E-state index in [1.807, 2.05) is 24.3 Å². The fourth-order valence-corrected chi connectivity index (χ4v) is 1.59. The highest BCUT2D eigenvalue weighted by Gasteiger charge is 2.12. The van der Waals surface area contributed by atoms with Gasteiger partial charge in [0, 0.05) is 17.7 Å². The number of para-hydroxylation sites is 1. The van der Waals surface area contributed by atoms with Crippen LogP contribution in [0.5, 0.6) is 0 Å². The SMILES string of the molecule is CCC(C)Cc1nc(-c2ccccc2N)no1. The molecular weight excluding hydrogens is 214 g/mol. The van der Waals surface area contributed by atoms with Gasteiger partial charge in [-0.25, -0.2) is 0 Å². The predicted molar refractivity (Wildman–Crippen MR) is 67.3 cm³/mol. The highest BCUT2D eigenvalue weighted by molar-refractivity contribution is 5.70. The van der Waals surface area contributed by atoms with Crippen LogP contribution in [0.1, 0.15) is 26.2 Å². The van der Waals surface area contributed by atoms with Crippen LogP contribution in [0.25, 0.3) is 11.4 Å². The third kappa shape index (κ3) is 2.64. The van der Waals surface area contributed by atoms with E-state index in [0.29, 0.717) is 23.3 Å². The number of rotatable bonds is 4. The highest BCUT2D eigenvalue weighted by Crippen LogP contribution is 2.23. The van der Waals surface area contributed by atoms with Gasteiger partial charge in [-0.15, -0.1) is 0 Å². The summed E-state index contributed by atoms with van der Waals surface area (Å²) in [5.74, 6) is 1.80. The first kappa shape index (κ1) is 11.6. The van der Waals surface area contributed by atoms with Crippen molar-refractivity contribution >= 4 is 5.69 Å². The van der Waals surface area contributed by atoms with Crippen LogP contribution in [-0.2, 0) is 6.42 Å². The third-order valence-electron chi connectivity index (χ3n) is 2.89. The van der Waals surface area contributed by atoms with Crippen molar-refractivity contribution in [2.45, 2.75) is 26.7 Å². The Morgan fingerprint density at radius 3 is 2.82 bits per heavy atom. The molecule has 0 spiro atoms. The van der Waals surface area contributed by atoms with E-state index >= 15 is 0 Å².